The summed E-state index contributed by atoms with van der Waals surface area (Å²) in [7, 11) is -3.69. The van der Waals surface area contributed by atoms with E-state index < -0.39 is 15.8 Å². The van der Waals surface area contributed by atoms with E-state index in [1.165, 1.54) is 30.5 Å². The van der Waals surface area contributed by atoms with Crippen molar-refractivity contribution in [3.63, 3.8) is 0 Å². The number of nitrogens with one attached hydrogen (secondary N) is 1. The lowest BCUT2D eigenvalue weighted by Gasteiger charge is -2.06. The molecule has 1 heterocycles. The average Bonchev–Trinajstić information content (AvgIpc) is 2.37. The van der Waals surface area contributed by atoms with Crippen LogP contribution in [-0.2, 0) is 16.6 Å². The van der Waals surface area contributed by atoms with Crippen LogP contribution in [0.2, 0.25) is 0 Å². The van der Waals surface area contributed by atoms with Crippen molar-refractivity contribution in [1.29, 1.82) is 0 Å². The van der Waals surface area contributed by atoms with E-state index in [9.17, 15) is 12.8 Å². The zero-order chi connectivity index (χ0) is 13.9. The van der Waals surface area contributed by atoms with E-state index in [1.807, 2.05) is 0 Å². The summed E-state index contributed by atoms with van der Waals surface area (Å²) >= 11 is 0. The minimum atomic E-state index is -3.69. The Bertz CT molecular complexity index is 672. The van der Waals surface area contributed by atoms with Gasteiger partial charge in [0.25, 0.3) is 0 Å². The number of hydrogen-bond acceptors (Lipinski definition) is 4. The number of sulfonamides is 1. The Morgan fingerprint density at radius 1 is 1.21 bits per heavy atom. The van der Waals surface area contributed by atoms with Crippen molar-refractivity contribution in [2.24, 2.45) is 5.14 Å². The predicted molar refractivity (Wildman–Crippen MR) is 69.3 cm³/mol. The summed E-state index contributed by atoms with van der Waals surface area (Å²) in [4.78, 5) is 3.89. The number of benzene rings is 1. The Balaban J connectivity index is 2.07. The largest absolute Gasteiger partial charge is 0.364 e. The third-order valence-corrected chi connectivity index (χ3v) is 3.40. The van der Waals surface area contributed by atoms with E-state index in [2.05, 4.69) is 10.3 Å². The first-order valence-electron chi connectivity index (χ1n) is 5.43. The molecule has 3 N–H and O–H groups in total. The molecule has 1 aromatic carbocycles. The van der Waals surface area contributed by atoms with E-state index in [-0.39, 0.29) is 10.7 Å². The van der Waals surface area contributed by atoms with Crippen molar-refractivity contribution in [3.8, 4) is 0 Å². The lowest BCUT2D eigenvalue weighted by atomic mass is 10.2. The van der Waals surface area contributed by atoms with E-state index in [0.717, 1.165) is 5.56 Å². The maximum Gasteiger partial charge on any atom is 0.238 e. The molecule has 1 aromatic heterocycles. The van der Waals surface area contributed by atoms with Gasteiger partial charge in [-0.05, 0) is 29.8 Å². The maximum absolute atomic E-state index is 13.3. The van der Waals surface area contributed by atoms with Gasteiger partial charge in [0.15, 0.2) is 11.6 Å². The molecule has 0 aliphatic rings. The Morgan fingerprint density at radius 3 is 2.47 bits per heavy atom. The quantitative estimate of drug-likeness (QED) is 0.889. The van der Waals surface area contributed by atoms with Gasteiger partial charge in [-0.15, -0.1) is 0 Å². The summed E-state index contributed by atoms with van der Waals surface area (Å²) in [6, 6.07) is 8.82. The van der Waals surface area contributed by atoms with Crippen molar-refractivity contribution in [1.82, 2.24) is 4.98 Å². The van der Waals surface area contributed by atoms with Crippen molar-refractivity contribution in [2.75, 3.05) is 5.32 Å². The van der Waals surface area contributed by atoms with E-state index in [0.29, 0.717) is 6.54 Å². The van der Waals surface area contributed by atoms with Gasteiger partial charge in [-0.3, -0.25) is 0 Å². The number of nitrogens with two attached hydrogens (primary N) is 1. The highest BCUT2D eigenvalue weighted by Crippen LogP contribution is 2.12. The number of halogens is 1. The van der Waals surface area contributed by atoms with Crippen LogP contribution in [0, 0.1) is 5.82 Å². The second-order valence-corrected chi connectivity index (χ2v) is 5.44. The standard InChI is InChI=1S/C12H12FN3O2S/c13-11-2-1-7-15-12(11)16-8-9-3-5-10(6-4-9)19(14,17)18/h1-7H,8H2,(H,15,16)(H2,14,17,18). The highest BCUT2D eigenvalue weighted by molar-refractivity contribution is 7.89. The second-order valence-electron chi connectivity index (χ2n) is 3.88. The maximum atomic E-state index is 13.3. The predicted octanol–water partition coefficient (Wildman–Crippen LogP) is 1.48. The average molecular weight is 281 g/mol. The Kier molecular flexibility index (Phi) is 3.77. The molecule has 2 aromatic rings. The number of hydrogen-bond donors (Lipinski definition) is 2. The molecular weight excluding hydrogens is 269 g/mol. The van der Waals surface area contributed by atoms with Gasteiger partial charge in [-0.2, -0.15) is 0 Å². The summed E-state index contributed by atoms with van der Waals surface area (Å²) in [6.45, 7) is 0.332. The van der Waals surface area contributed by atoms with Crippen LogP contribution < -0.4 is 10.5 Å². The Hall–Kier alpha value is -1.99. The fraction of sp³-hybridized carbons (Fsp3) is 0.0833. The molecular formula is C12H12FN3O2S. The van der Waals surface area contributed by atoms with Crippen LogP contribution in [0.15, 0.2) is 47.5 Å². The third-order valence-electron chi connectivity index (χ3n) is 2.47. The third kappa shape index (κ3) is 3.49. The van der Waals surface area contributed by atoms with Gasteiger partial charge in [0, 0.05) is 12.7 Å². The van der Waals surface area contributed by atoms with Gasteiger partial charge in [-0.25, -0.2) is 22.9 Å². The molecule has 19 heavy (non-hydrogen) atoms. The summed E-state index contributed by atoms with van der Waals surface area (Å²) in [6.07, 6.45) is 1.48. The van der Waals surface area contributed by atoms with Crippen LogP contribution in [0.5, 0.6) is 0 Å². The molecule has 7 heteroatoms. The first kappa shape index (κ1) is 13.4. The van der Waals surface area contributed by atoms with E-state index >= 15 is 0 Å². The fourth-order valence-corrected chi connectivity index (χ4v) is 2.01. The number of aromatic nitrogens is 1. The minimum Gasteiger partial charge on any atom is -0.364 e. The van der Waals surface area contributed by atoms with E-state index in [1.54, 1.807) is 12.1 Å². The van der Waals surface area contributed by atoms with Crippen LogP contribution in [0.3, 0.4) is 0 Å². The molecule has 0 fully saturated rings. The number of pyridine rings is 1. The van der Waals surface area contributed by atoms with Gasteiger partial charge < -0.3 is 5.32 Å². The zero-order valence-electron chi connectivity index (χ0n) is 9.88. The minimum absolute atomic E-state index is 0.0419. The molecule has 0 aliphatic carbocycles. The Morgan fingerprint density at radius 2 is 1.89 bits per heavy atom. The molecule has 2 rings (SSSR count). The van der Waals surface area contributed by atoms with Gasteiger partial charge in [0.2, 0.25) is 10.0 Å². The van der Waals surface area contributed by atoms with Gasteiger partial charge in [0.1, 0.15) is 0 Å². The van der Waals surface area contributed by atoms with Crippen LogP contribution in [0.1, 0.15) is 5.56 Å². The normalized spacial score (nSPS) is 11.3. The molecule has 0 atom stereocenters. The molecule has 5 nitrogen and oxygen atoms in total. The van der Waals surface area contributed by atoms with Crippen LogP contribution >= 0.6 is 0 Å². The molecule has 0 saturated carbocycles. The van der Waals surface area contributed by atoms with Crippen molar-refractivity contribution < 1.29 is 12.8 Å². The van der Waals surface area contributed by atoms with Crippen LogP contribution in [0.25, 0.3) is 0 Å². The lowest BCUT2D eigenvalue weighted by molar-refractivity contribution is 0.598. The monoisotopic (exact) mass is 281 g/mol. The fourth-order valence-electron chi connectivity index (χ4n) is 1.50. The van der Waals surface area contributed by atoms with Gasteiger partial charge in [0.05, 0.1) is 4.90 Å². The number of primary sulfonamides is 1. The molecule has 100 valence electrons. The van der Waals surface area contributed by atoms with Crippen molar-refractivity contribution >= 4 is 15.8 Å². The summed E-state index contributed by atoms with van der Waals surface area (Å²) in [5.74, 6) is -0.290. The van der Waals surface area contributed by atoms with Crippen LogP contribution in [-0.4, -0.2) is 13.4 Å². The second kappa shape index (κ2) is 5.33. The number of rotatable bonds is 4. The molecule has 0 unspecified atom stereocenters. The molecule has 0 spiro atoms. The number of nitrogens with zero attached hydrogens (tertiary/aromatic N) is 1. The molecule has 0 aliphatic heterocycles. The first-order chi connectivity index (χ1) is 8.97. The highest BCUT2D eigenvalue weighted by atomic mass is 32.2. The molecule has 0 amide bonds. The summed E-state index contributed by atoms with van der Waals surface area (Å²) < 4.78 is 35.4. The van der Waals surface area contributed by atoms with Crippen LogP contribution in [0.4, 0.5) is 10.2 Å². The van der Waals surface area contributed by atoms with E-state index in [4.69, 9.17) is 5.14 Å². The topological polar surface area (TPSA) is 85.1 Å². The lowest BCUT2D eigenvalue weighted by Crippen LogP contribution is -2.12. The molecule has 0 bridgehead atoms. The Labute approximate surface area is 110 Å². The smallest absolute Gasteiger partial charge is 0.238 e. The van der Waals surface area contributed by atoms with Crippen molar-refractivity contribution in [3.05, 3.63) is 54.0 Å². The summed E-state index contributed by atoms with van der Waals surface area (Å²) in [5, 5.41) is 7.81. The highest BCUT2D eigenvalue weighted by Gasteiger charge is 2.07. The summed E-state index contributed by atoms with van der Waals surface area (Å²) in [5.41, 5.74) is 0.789. The molecule has 0 saturated heterocycles. The zero-order valence-corrected chi connectivity index (χ0v) is 10.7. The van der Waals surface area contributed by atoms with Gasteiger partial charge in [-0.1, -0.05) is 12.1 Å². The van der Waals surface area contributed by atoms with Gasteiger partial charge >= 0.3 is 0 Å². The SMILES string of the molecule is NS(=O)(=O)c1ccc(CNc2ncccc2F)cc1. The van der Waals surface area contributed by atoms with Crippen molar-refractivity contribution in [2.45, 2.75) is 11.4 Å². The first-order valence-corrected chi connectivity index (χ1v) is 6.97. The number of anilines is 1. The molecule has 0 radical (unpaired) electrons.